The van der Waals surface area contributed by atoms with Crippen LogP contribution >= 0.6 is 0 Å². The zero-order chi connectivity index (χ0) is 67.3. The molecule has 2 heterocycles. The van der Waals surface area contributed by atoms with E-state index in [2.05, 4.69) is 153 Å². The van der Waals surface area contributed by atoms with Crippen LogP contribution in [0.15, 0.2) is 134 Å². The van der Waals surface area contributed by atoms with Gasteiger partial charge in [0.2, 0.25) is 5.91 Å². The summed E-state index contributed by atoms with van der Waals surface area (Å²) in [5, 5.41) is 87.6. The van der Waals surface area contributed by atoms with Crippen LogP contribution in [0.2, 0.25) is 0 Å². The fourth-order valence-corrected chi connectivity index (χ4v) is 11.3. The lowest BCUT2D eigenvalue weighted by atomic mass is 9.97. The number of ether oxygens (including phenoxy) is 4. The molecule has 532 valence electrons. The molecule has 1 amide bonds. The molecule has 0 radical (unpaired) electrons. The van der Waals surface area contributed by atoms with Crippen LogP contribution in [0.3, 0.4) is 0 Å². The Morgan fingerprint density at radius 1 is 0.398 bits per heavy atom. The number of aliphatic hydroxyl groups excluding tert-OH is 8. The molecule has 14 heteroatoms. The monoisotopic (exact) mass is 1300 g/mol. The molecule has 2 aliphatic rings. The minimum Gasteiger partial charge on any atom is -0.394 e. The molecule has 2 fully saturated rings. The van der Waals surface area contributed by atoms with Gasteiger partial charge in [0.05, 0.1) is 32.0 Å². The third-order valence-electron chi connectivity index (χ3n) is 17.1. The van der Waals surface area contributed by atoms with Gasteiger partial charge in [0, 0.05) is 6.42 Å². The maximum atomic E-state index is 13.4. The van der Waals surface area contributed by atoms with Crippen LogP contribution in [0.4, 0.5) is 0 Å². The molecule has 2 saturated heterocycles. The number of hydrogen-bond donors (Lipinski definition) is 9. The van der Waals surface area contributed by atoms with Crippen LogP contribution in [0.5, 0.6) is 0 Å². The Morgan fingerprint density at radius 2 is 0.742 bits per heavy atom. The summed E-state index contributed by atoms with van der Waals surface area (Å²) in [4.78, 5) is 13.4. The van der Waals surface area contributed by atoms with E-state index in [1.807, 2.05) is 0 Å². The summed E-state index contributed by atoms with van der Waals surface area (Å²) in [7, 11) is 0. The average molecular weight is 1300 g/mol. The van der Waals surface area contributed by atoms with E-state index in [9.17, 15) is 45.6 Å². The Bertz CT molecular complexity index is 2070. The lowest BCUT2D eigenvalue weighted by Gasteiger charge is -2.46. The first-order valence-corrected chi connectivity index (χ1v) is 36.9. The van der Waals surface area contributed by atoms with Crippen LogP contribution in [-0.4, -0.2) is 140 Å². The van der Waals surface area contributed by atoms with E-state index in [0.717, 1.165) is 128 Å². The Balaban J connectivity index is 1.66. The summed E-state index contributed by atoms with van der Waals surface area (Å²) in [5.74, 6) is -0.229. The maximum absolute atomic E-state index is 13.4. The van der Waals surface area contributed by atoms with E-state index in [1.54, 1.807) is 0 Å². The highest BCUT2D eigenvalue weighted by Gasteiger charge is 2.51. The Hall–Kier alpha value is -3.87. The highest BCUT2D eigenvalue weighted by molar-refractivity contribution is 5.76. The average Bonchev–Trinajstić information content (AvgIpc) is 0.854. The smallest absolute Gasteiger partial charge is 0.220 e. The molecule has 14 nitrogen and oxygen atoms in total. The maximum Gasteiger partial charge on any atom is 0.220 e. The summed E-state index contributed by atoms with van der Waals surface area (Å²) < 4.78 is 22.9. The zero-order valence-corrected chi connectivity index (χ0v) is 57.9. The number of rotatable bonds is 59. The molecule has 9 N–H and O–H groups in total. The third-order valence-corrected chi connectivity index (χ3v) is 17.1. The molecule has 0 spiro atoms. The third kappa shape index (κ3) is 45.3. The van der Waals surface area contributed by atoms with E-state index in [1.165, 1.54) is 103 Å². The fraction of sp³-hybridized carbons (Fsp3) is 0.709. The molecule has 2 aliphatic heterocycles. The molecular weight excluding hydrogens is 1170 g/mol. The normalized spacial score (nSPS) is 23.4. The fourth-order valence-electron chi connectivity index (χ4n) is 11.3. The molecule has 0 bridgehead atoms. The van der Waals surface area contributed by atoms with Gasteiger partial charge < -0.3 is 65.1 Å². The van der Waals surface area contributed by atoms with E-state index in [-0.39, 0.29) is 18.9 Å². The van der Waals surface area contributed by atoms with Gasteiger partial charge >= 0.3 is 0 Å². The molecule has 2 rings (SSSR count). The Kier molecular flexibility index (Phi) is 56.5. The second-order valence-electron chi connectivity index (χ2n) is 25.3. The van der Waals surface area contributed by atoms with Gasteiger partial charge in [-0.3, -0.25) is 4.79 Å². The van der Waals surface area contributed by atoms with Crippen LogP contribution in [0.25, 0.3) is 0 Å². The number of aliphatic hydroxyl groups is 8. The predicted octanol–water partition coefficient (Wildman–Crippen LogP) is 15.8. The van der Waals surface area contributed by atoms with Crippen molar-refractivity contribution in [1.82, 2.24) is 5.32 Å². The second kappa shape index (κ2) is 61.7. The van der Waals surface area contributed by atoms with Gasteiger partial charge in [0.1, 0.15) is 48.8 Å². The number of unbranched alkanes of at least 4 members (excludes halogenated alkanes) is 24. The molecule has 0 aliphatic carbocycles. The number of hydrogen-bond acceptors (Lipinski definition) is 13. The topological polar surface area (TPSA) is 228 Å². The highest BCUT2D eigenvalue weighted by atomic mass is 16.7. The van der Waals surface area contributed by atoms with Crippen molar-refractivity contribution in [3.8, 4) is 0 Å². The largest absolute Gasteiger partial charge is 0.394 e. The van der Waals surface area contributed by atoms with E-state index in [4.69, 9.17) is 18.9 Å². The number of carbonyl (C=O) groups is 1. The van der Waals surface area contributed by atoms with Gasteiger partial charge in [-0.15, -0.1) is 0 Å². The molecule has 0 aromatic carbocycles. The molecule has 12 unspecified atom stereocenters. The van der Waals surface area contributed by atoms with Crippen molar-refractivity contribution in [2.75, 3.05) is 19.8 Å². The van der Waals surface area contributed by atoms with Crippen LogP contribution < -0.4 is 5.32 Å². The van der Waals surface area contributed by atoms with Gasteiger partial charge in [0.25, 0.3) is 0 Å². The molecule has 0 aromatic rings. The minimum absolute atomic E-state index is 0.229. The van der Waals surface area contributed by atoms with Crippen LogP contribution in [-0.2, 0) is 23.7 Å². The predicted molar refractivity (Wildman–Crippen MR) is 382 cm³/mol. The van der Waals surface area contributed by atoms with Crippen molar-refractivity contribution in [3.63, 3.8) is 0 Å². The first-order chi connectivity index (χ1) is 45.6. The van der Waals surface area contributed by atoms with Crippen molar-refractivity contribution in [3.05, 3.63) is 134 Å². The van der Waals surface area contributed by atoms with Gasteiger partial charge in [0.15, 0.2) is 12.6 Å². The quantitative estimate of drug-likeness (QED) is 0.0204. The Morgan fingerprint density at radius 3 is 1.14 bits per heavy atom. The molecule has 12 atom stereocenters. The summed E-state index contributed by atoms with van der Waals surface area (Å²) in [6, 6.07) is -0.850. The minimum atomic E-state index is -1.79. The van der Waals surface area contributed by atoms with Gasteiger partial charge in [-0.2, -0.15) is 0 Å². The van der Waals surface area contributed by atoms with Crippen molar-refractivity contribution in [2.24, 2.45) is 0 Å². The van der Waals surface area contributed by atoms with Crippen molar-refractivity contribution < 1.29 is 64.6 Å². The summed E-state index contributed by atoms with van der Waals surface area (Å²) >= 11 is 0. The van der Waals surface area contributed by atoms with E-state index in [0.29, 0.717) is 12.8 Å². The van der Waals surface area contributed by atoms with Gasteiger partial charge in [-0.25, -0.2) is 0 Å². The van der Waals surface area contributed by atoms with E-state index >= 15 is 0 Å². The lowest BCUT2D eigenvalue weighted by molar-refractivity contribution is -0.359. The lowest BCUT2D eigenvalue weighted by Crippen LogP contribution is -2.65. The number of carbonyl (C=O) groups excluding carboxylic acids is 1. The SMILES string of the molecule is CC/C=C\C/C=C\C/C=C\C/C=C\C/C=C\C/C=C\C/C=C\C/C=C\C/C=C\C/C=C\C/C=C\CCCCCCCC(=O)NC(COC1OC(CO)C(OC2OC(CO)C(O)C(O)C2O)C(O)C1O)C(O)CCCCCCCCCCCCCCCCCCCCCC. The van der Waals surface area contributed by atoms with Gasteiger partial charge in [-0.05, 0) is 96.3 Å². The van der Waals surface area contributed by atoms with Crippen molar-refractivity contribution in [2.45, 2.75) is 338 Å². The second-order valence-corrected chi connectivity index (χ2v) is 25.3. The number of allylic oxidation sites excluding steroid dienone is 22. The number of nitrogens with one attached hydrogen (secondary N) is 1. The summed E-state index contributed by atoms with van der Waals surface area (Å²) in [5.41, 5.74) is 0. The Labute approximate surface area is 564 Å². The summed E-state index contributed by atoms with van der Waals surface area (Å²) in [6.45, 7) is 2.75. The van der Waals surface area contributed by atoms with Crippen LogP contribution in [0.1, 0.15) is 264 Å². The van der Waals surface area contributed by atoms with E-state index < -0.39 is 86.8 Å². The van der Waals surface area contributed by atoms with Crippen LogP contribution in [0, 0.1) is 0 Å². The highest BCUT2D eigenvalue weighted by Crippen LogP contribution is 2.30. The molecule has 93 heavy (non-hydrogen) atoms. The molecular formula is C79H133NO13. The molecule has 0 aromatic heterocycles. The first kappa shape index (κ1) is 85.2. The molecule has 0 saturated carbocycles. The van der Waals surface area contributed by atoms with Gasteiger partial charge in [-0.1, -0.05) is 295 Å². The van der Waals surface area contributed by atoms with Crippen molar-refractivity contribution >= 4 is 5.91 Å². The first-order valence-electron chi connectivity index (χ1n) is 36.9. The summed E-state index contributed by atoms with van der Waals surface area (Å²) in [6.07, 6.45) is 74.6. The standard InChI is InChI=1S/C79H133NO13/c1-3-5-7-9-11-13-15-17-19-21-23-25-26-27-28-29-30-31-32-33-34-35-36-37-38-39-40-41-42-43-45-47-49-51-53-55-57-59-61-63-71(84)80-67(68(83)62-60-58-56-54-52-50-48-46-44-24-22-20-18-16-14-12-10-8-6-4-2)66-90-78-76(89)74(87)77(70(65-82)92-78)93-79-75(88)73(86)72(85)69(64-81)91-79/h5,7,11,13,17,19,23,25,27-28,30-31,33-34,36-37,39-40,42-43,47,49,67-70,72-79,81-83,85-89H,3-4,6,8-10,12,14-16,18,20-22,24,26,29,32,35,38,41,44-46,48,50-66H2,1-2H3,(H,80,84)/b7-5-,13-11-,19-17-,25-23-,28-27-,31-30-,34-33-,37-36-,40-39-,43-42-,49-47-. The van der Waals surface area contributed by atoms with Crippen molar-refractivity contribution in [1.29, 1.82) is 0 Å². The zero-order valence-electron chi connectivity index (χ0n) is 57.9. The number of amides is 1.